The summed E-state index contributed by atoms with van der Waals surface area (Å²) in [4.78, 5) is 12.8. The van der Waals surface area contributed by atoms with Gasteiger partial charge in [0.25, 0.3) is 0 Å². The van der Waals surface area contributed by atoms with Crippen LogP contribution in [0.15, 0.2) is 18.2 Å². The smallest absolute Gasteiger partial charge is 0.237 e. The molecular formula is C11H13Cl2NO2. The van der Waals surface area contributed by atoms with E-state index in [1.807, 2.05) is 12.1 Å². The zero-order valence-electron chi connectivity index (χ0n) is 9.17. The van der Waals surface area contributed by atoms with Crippen LogP contribution in [0.3, 0.4) is 0 Å². The minimum absolute atomic E-state index is 0.0284. The van der Waals surface area contributed by atoms with Crippen LogP contribution in [-0.2, 0) is 11.3 Å². The molecule has 0 atom stereocenters. The van der Waals surface area contributed by atoms with Crippen LogP contribution in [0.5, 0.6) is 5.75 Å². The Kier molecular flexibility index (Phi) is 4.90. The molecule has 5 heteroatoms. The molecule has 0 aliphatic rings. The lowest BCUT2D eigenvalue weighted by molar-refractivity contribution is -0.127. The third-order valence-electron chi connectivity index (χ3n) is 2.20. The second kappa shape index (κ2) is 5.97. The van der Waals surface area contributed by atoms with Crippen molar-refractivity contribution in [1.82, 2.24) is 4.90 Å². The van der Waals surface area contributed by atoms with Crippen molar-refractivity contribution in [2.75, 3.05) is 20.0 Å². The quantitative estimate of drug-likeness (QED) is 0.780. The van der Waals surface area contributed by atoms with Gasteiger partial charge < -0.3 is 9.64 Å². The molecule has 0 saturated heterocycles. The van der Waals surface area contributed by atoms with Gasteiger partial charge in [-0.05, 0) is 6.07 Å². The molecule has 88 valence electrons. The number of nitrogens with zero attached hydrogens (tertiary/aromatic N) is 1. The summed E-state index contributed by atoms with van der Waals surface area (Å²) in [7, 11) is 3.24. The number of benzene rings is 1. The molecule has 1 rings (SSSR count). The van der Waals surface area contributed by atoms with Crippen LogP contribution in [-0.4, -0.2) is 30.8 Å². The van der Waals surface area contributed by atoms with Gasteiger partial charge >= 0.3 is 0 Å². The predicted octanol–water partition coefficient (Wildman–Crippen LogP) is 2.55. The molecule has 0 saturated carbocycles. The van der Waals surface area contributed by atoms with Crippen molar-refractivity contribution in [1.29, 1.82) is 0 Å². The molecule has 0 aliphatic heterocycles. The summed E-state index contributed by atoms with van der Waals surface area (Å²) in [5.41, 5.74) is 0.857. The fourth-order valence-corrected chi connectivity index (χ4v) is 1.83. The van der Waals surface area contributed by atoms with Crippen molar-refractivity contribution in [2.45, 2.75) is 6.54 Å². The third-order valence-corrected chi connectivity index (χ3v) is 2.73. The first kappa shape index (κ1) is 13.1. The van der Waals surface area contributed by atoms with Crippen LogP contribution in [0.1, 0.15) is 5.56 Å². The maximum absolute atomic E-state index is 11.3. The van der Waals surface area contributed by atoms with Crippen molar-refractivity contribution >= 4 is 29.1 Å². The second-order valence-electron chi connectivity index (χ2n) is 3.32. The molecule has 0 bridgehead atoms. The summed E-state index contributed by atoms with van der Waals surface area (Å²) in [6.45, 7) is 0.426. The van der Waals surface area contributed by atoms with E-state index in [1.165, 1.54) is 4.90 Å². The number of carbonyl (C=O) groups is 1. The lowest BCUT2D eigenvalue weighted by Gasteiger charge is -2.18. The minimum Gasteiger partial charge on any atom is -0.495 e. The Balaban J connectivity index is 2.88. The van der Waals surface area contributed by atoms with Gasteiger partial charge in [-0.1, -0.05) is 23.7 Å². The molecule has 0 fully saturated rings. The highest BCUT2D eigenvalue weighted by Gasteiger charge is 2.12. The van der Waals surface area contributed by atoms with Crippen molar-refractivity contribution < 1.29 is 9.53 Å². The van der Waals surface area contributed by atoms with Gasteiger partial charge in [0.1, 0.15) is 11.6 Å². The van der Waals surface area contributed by atoms with Crippen LogP contribution in [0.25, 0.3) is 0 Å². The van der Waals surface area contributed by atoms with Gasteiger partial charge in [0.05, 0.1) is 12.1 Å². The maximum atomic E-state index is 11.3. The lowest BCUT2D eigenvalue weighted by Crippen LogP contribution is -2.27. The predicted molar refractivity (Wildman–Crippen MR) is 65.2 cm³/mol. The first-order valence-corrected chi connectivity index (χ1v) is 5.62. The Hall–Kier alpha value is -0.930. The van der Waals surface area contributed by atoms with Gasteiger partial charge in [0.15, 0.2) is 0 Å². The molecule has 1 aromatic rings. The van der Waals surface area contributed by atoms with E-state index in [1.54, 1.807) is 20.2 Å². The number of amides is 1. The Morgan fingerprint density at radius 3 is 2.75 bits per heavy atom. The number of carbonyl (C=O) groups excluding carboxylic acids is 1. The summed E-state index contributed by atoms with van der Waals surface area (Å²) in [5.74, 6) is 0.432. The number of rotatable bonds is 4. The van der Waals surface area contributed by atoms with Crippen LogP contribution >= 0.6 is 23.2 Å². The molecule has 16 heavy (non-hydrogen) atoms. The van der Waals surface area contributed by atoms with Gasteiger partial charge in [0.2, 0.25) is 5.91 Å². The number of hydrogen-bond acceptors (Lipinski definition) is 2. The van der Waals surface area contributed by atoms with Gasteiger partial charge in [0, 0.05) is 19.2 Å². The van der Waals surface area contributed by atoms with E-state index < -0.39 is 0 Å². The van der Waals surface area contributed by atoms with Gasteiger partial charge in [-0.3, -0.25) is 4.79 Å². The first-order chi connectivity index (χ1) is 7.60. The highest BCUT2D eigenvalue weighted by atomic mass is 35.5. The average molecular weight is 262 g/mol. The van der Waals surface area contributed by atoms with Gasteiger partial charge in [-0.2, -0.15) is 0 Å². The van der Waals surface area contributed by atoms with Crippen molar-refractivity contribution in [2.24, 2.45) is 0 Å². The van der Waals surface area contributed by atoms with E-state index in [0.29, 0.717) is 17.3 Å². The standard InChI is InChI=1S/C11H13Cl2NO2/c1-14(10(15)6-12)7-8-4-3-5-9(13)11(8)16-2/h3-5H,6-7H2,1-2H3. The molecule has 0 aromatic heterocycles. The van der Waals surface area contributed by atoms with Crippen LogP contribution in [0.4, 0.5) is 0 Å². The monoisotopic (exact) mass is 261 g/mol. The number of methoxy groups -OCH3 is 1. The highest BCUT2D eigenvalue weighted by Crippen LogP contribution is 2.28. The normalized spacial score (nSPS) is 10.0. The van der Waals surface area contributed by atoms with E-state index in [-0.39, 0.29) is 11.8 Å². The fraction of sp³-hybridized carbons (Fsp3) is 0.364. The molecule has 0 aliphatic carbocycles. The van der Waals surface area contributed by atoms with E-state index in [0.717, 1.165) is 5.56 Å². The second-order valence-corrected chi connectivity index (χ2v) is 3.99. The number of hydrogen-bond donors (Lipinski definition) is 0. The lowest BCUT2D eigenvalue weighted by atomic mass is 10.2. The van der Waals surface area contributed by atoms with E-state index >= 15 is 0 Å². The van der Waals surface area contributed by atoms with Crippen LogP contribution < -0.4 is 4.74 Å². The Morgan fingerprint density at radius 1 is 1.50 bits per heavy atom. The van der Waals surface area contributed by atoms with E-state index in [2.05, 4.69) is 0 Å². The largest absolute Gasteiger partial charge is 0.495 e. The molecule has 0 spiro atoms. The Labute approximate surface area is 105 Å². The molecular weight excluding hydrogens is 249 g/mol. The number of alkyl halides is 1. The molecule has 0 heterocycles. The van der Waals surface area contributed by atoms with Crippen LogP contribution in [0, 0.1) is 0 Å². The molecule has 3 nitrogen and oxygen atoms in total. The van der Waals surface area contributed by atoms with Crippen LogP contribution in [0.2, 0.25) is 5.02 Å². The number of halogens is 2. The van der Waals surface area contributed by atoms with Crippen molar-refractivity contribution in [3.05, 3.63) is 28.8 Å². The van der Waals surface area contributed by atoms with Gasteiger partial charge in [-0.15, -0.1) is 11.6 Å². The summed E-state index contributed by atoms with van der Waals surface area (Å²) in [5, 5.41) is 0.534. The molecule has 1 amide bonds. The zero-order chi connectivity index (χ0) is 12.1. The fourth-order valence-electron chi connectivity index (χ4n) is 1.35. The van der Waals surface area contributed by atoms with Gasteiger partial charge in [-0.25, -0.2) is 0 Å². The molecule has 1 aromatic carbocycles. The summed E-state index contributed by atoms with van der Waals surface area (Å²) in [6.07, 6.45) is 0. The third kappa shape index (κ3) is 3.03. The first-order valence-electron chi connectivity index (χ1n) is 4.71. The number of ether oxygens (including phenoxy) is 1. The SMILES string of the molecule is COc1c(Cl)cccc1CN(C)C(=O)CCl. The summed E-state index contributed by atoms with van der Waals surface area (Å²) >= 11 is 11.4. The maximum Gasteiger partial charge on any atom is 0.237 e. The minimum atomic E-state index is -0.135. The summed E-state index contributed by atoms with van der Waals surface area (Å²) in [6, 6.07) is 5.43. The van der Waals surface area contributed by atoms with Crippen molar-refractivity contribution in [3.63, 3.8) is 0 Å². The number of para-hydroxylation sites is 1. The highest BCUT2D eigenvalue weighted by molar-refractivity contribution is 6.32. The molecule has 0 radical (unpaired) electrons. The van der Waals surface area contributed by atoms with E-state index in [9.17, 15) is 4.79 Å². The molecule has 0 N–H and O–H groups in total. The molecule has 0 unspecified atom stereocenters. The Morgan fingerprint density at radius 2 is 2.19 bits per heavy atom. The topological polar surface area (TPSA) is 29.5 Å². The zero-order valence-corrected chi connectivity index (χ0v) is 10.7. The summed E-state index contributed by atoms with van der Waals surface area (Å²) < 4.78 is 5.19. The average Bonchev–Trinajstić information content (AvgIpc) is 2.28. The van der Waals surface area contributed by atoms with E-state index in [4.69, 9.17) is 27.9 Å². The Bertz CT molecular complexity index is 382. The van der Waals surface area contributed by atoms with Crippen molar-refractivity contribution in [3.8, 4) is 5.75 Å².